The second-order valence-electron chi connectivity index (χ2n) is 7.47. The topological polar surface area (TPSA) is 67.2 Å². The molecular weight excluding hydrogens is 328 g/mol. The number of hydrogen-bond acceptors (Lipinski definition) is 3. The summed E-state index contributed by atoms with van der Waals surface area (Å²) >= 11 is 0. The van der Waals surface area contributed by atoms with Crippen LogP contribution in [0.25, 0.3) is 0 Å². The van der Waals surface area contributed by atoms with E-state index in [-0.39, 0.29) is 29.8 Å². The Hall–Kier alpha value is -2.63. The number of carbonyl (C=O) groups excluding carboxylic acids is 2. The predicted octanol–water partition coefficient (Wildman–Crippen LogP) is 1.86. The number of aryl methyl sites for hydroxylation is 1. The van der Waals surface area contributed by atoms with Crippen molar-refractivity contribution in [2.45, 2.75) is 44.2 Å². The number of amides is 2. The molecule has 2 aliphatic rings. The second kappa shape index (κ2) is 6.59. The van der Waals surface area contributed by atoms with E-state index in [1.54, 1.807) is 4.68 Å². The maximum Gasteiger partial charge on any atom is 0.244 e. The minimum absolute atomic E-state index is 0.0782. The van der Waals surface area contributed by atoms with Crippen LogP contribution in [0.4, 0.5) is 0 Å². The van der Waals surface area contributed by atoms with Gasteiger partial charge in [-0.15, -0.1) is 0 Å². The van der Waals surface area contributed by atoms with Crippen LogP contribution in [0, 0.1) is 6.92 Å². The molecule has 0 radical (unpaired) electrons. The minimum atomic E-state index is -0.170. The highest BCUT2D eigenvalue weighted by molar-refractivity contribution is 5.87. The molecule has 1 spiro atoms. The predicted molar refractivity (Wildman–Crippen MR) is 97.5 cm³/mol. The molecule has 6 nitrogen and oxygen atoms in total. The minimum Gasteiger partial charge on any atom is -0.350 e. The van der Waals surface area contributed by atoms with Crippen LogP contribution in [0.2, 0.25) is 0 Å². The summed E-state index contributed by atoms with van der Waals surface area (Å²) in [5, 5.41) is 7.52. The number of rotatable bonds is 3. The molecule has 0 bridgehead atoms. The molecular formula is C20H24N4O2. The van der Waals surface area contributed by atoms with Gasteiger partial charge in [-0.05, 0) is 37.8 Å². The molecule has 1 N–H and O–H groups in total. The zero-order valence-corrected chi connectivity index (χ0v) is 15.0. The lowest BCUT2D eigenvalue weighted by molar-refractivity contribution is -0.133. The van der Waals surface area contributed by atoms with Crippen molar-refractivity contribution in [3.05, 3.63) is 53.9 Å². The highest BCUT2D eigenvalue weighted by Crippen LogP contribution is 2.39. The third-order valence-corrected chi connectivity index (χ3v) is 5.65. The lowest BCUT2D eigenvalue weighted by Gasteiger charge is -2.39. The smallest absolute Gasteiger partial charge is 0.244 e. The van der Waals surface area contributed by atoms with E-state index < -0.39 is 0 Å². The lowest BCUT2D eigenvalue weighted by Crippen LogP contribution is -2.52. The maximum absolute atomic E-state index is 12.5. The van der Waals surface area contributed by atoms with Crippen molar-refractivity contribution in [2.24, 2.45) is 0 Å². The zero-order chi connectivity index (χ0) is 18.1. The van der Waals surface area contributed by atoms with E-state index in [0.717, 1.165) is 30.5 Å². The van der Waals surface area contributed by atoms with Crippen LogP contribution in [0.5, 0.6) is 0 Å². The number of nitrogens with zero attached hydrogens (tertiary/aromatic N) is 3. The number of benzene rings is 1. The molecule has 1 aromatic heterocycles. The van der Waals surface area contributed by atoms with E-state index in [9.17, 15) is 9.59 Å². The first-order valence-corrected chi connectivity index (χ1v) is 9.19. The quantitative estimate of drug-likeness (QED) is 0.917. The third kappa shape index (κ3) is 3.23. The van der Waals surface area contributed by atoms with Gasteiger partial charge in [-0.3, -0.25) is 14.3 Å². The summed E-state index contributed by atoms with van der Waals surface area (Å²) in [6.45, 7) is 3.55. The van der Waals surface area contributed by atoms with E-state index in [0.29, 0.717) is 13.1 Å². The van der Waals surface area contributed by atoms with Gasteiger partial charge in [-0.1, -0.05) is 30.3 Å². The summed E-state index contributed by atoms with van der Waals surface area (Å²) in [7, 11) is 0. The van der Waals surface area contributed by atoms with Crippen LogP contribution >= 0.6 is 0 Å². The van der Waals surface area contributed by atoms with E-state index >= 15 is 0 Å². The summed E-state index contributed by atoms with van der Waals surface area (Å²) in [6.07, 6.45) is 4.27. The maximum atomic E-state index is 12.5. The van der Waals surface area contributed by atoms with E-state index in [1.807, 2.05) is 54.4 Å². The van der Waals surface area contributed by atoms with Crippen LogP contribution in [0.3, 0.4) is 0 Å². The van der Waals surface area contributed by atoms with Gasteiger partial charge in [0.15, 0.2) is 0 Å². The van der Waals surface area contributed by atoms with Gasteiger partial charge in [0.2, 0.25) is 11.8 Å². The molecule has 0 unspecified atom stereocenters. The van der Waals surface area contributed by atoms with Gasteiger partial charge in [0.1, 0.15) is 6.54 Å². The largest absolute Gasteiger partial charge is 0.350 e. The first kappa shape index (κ1) is 16.8. The number of nitrogens with one attached hydrogen (secondary N) is 1. The molecule has 1 atom stereocenters. The molecule has 6 heteroatoms. The van der Waals surface area contributed by atoms with Crippen LogP contribution in [0.15, 0.2) is 42.6 Å². The van der Waals surface area contributed by atoms with Gasteiger partial charge >= 0.3 is 0 Å². The van der Waals surface area contributed by atoms with E-state index in [1.165, 1.54) is 0 Å². The first-order chi connectivity index (χ1) is 12.5. The van der Waals surface area contributed by atoms with Crippen molar-refractivity contribution >= 4 is 11.8 Å². The zero-order valence-electron chi connectivity index (χ0n) is 15.0. The molecule has 4 rings (SSSR count). The van der Waals surface area contributed by atoms with Crippen molar-refractivity contribution in [3.8, 4) is 0 Å². The van der Waals surface area contributed by atoms with Crippen molar-refractivity contribution in [1.29, 1.82) is 0 Å². The SMILES string of the molecule is Cc1ccn(CC(=O)N2CCC3(CC2)C[C@@H](c2ccccc2)C(=O)N3)n1. The van der Waals surface area contributed by atoms with E-state index in [2.05, 4.69) is 10.4 Å². The molecule has 26 heavy (non-hydrogen) atoms. The van der Waals surface area contributed by atoms with Gasteiger partial charge < -0.3 is 10.2 Å². The Morgan fingerprint density at radius 1 is 1.23 bits per heavy atom. The molecule has 2 fully saturated rings. The fourth-order valence-corrected chi connectivity index (χ4v) is 4.14. The Morgan fingerprint density at radius 3 is 2.62 bits per heavy atom. The van der Waals surface area contributed by atoms with Gasteiger partial charge in [0, 0.05) is 24.8 Å². The van der Waals surface area contributed by atoms with Crippen molar-refractivity contribution in [2.75, 3.05) is 13.1 Å². The Morgan fingerprint density at radius 2 is 1.96 bits per heavy atom. The third-order valence-electron chi connectivity index (χ3n) is 5.65. The van der Waals surface area contributed by atoms with Crippen LogP contribution in [-0.2, 0) is 16.1 Å². The summed E-state index contributed by atoms with van der Waals surface area (Å²) in [4.78, 5) is 26.9. The molecule has 2 aromatic rings. The lowest BCUT2D eigenvalue weighted by atomic mass is 9.82. The average molecular weight is 352 g/mol. The van der Waals surface area contributed by atoms with Crippen LogP contribution in [0.1, 0.15) is 36.4 Å². The number of likely N-dealkylation sites (tertiary alicyclic amines) is 1. The highest BCUT2D eigenvalue weighted by atomic mass is 16.2. The fraction of sp³-hybridized carbons (Fsp3) is 0.450. The molecule has 0 aliphatic carbocycles. The molecule has 136 valence electrons. The fourth-order valence-electron chi connectivity index (χ4n) is 4.14. The van der Waals surface area contributed by atoms with Crippen molar-refractivity contribution in [1.82, 2.24) is 20.0 Å². The normalized spacial score (nSPS) is 21.8. The number of aromatic nitrogens is 2. The number of carbonyl (C=O) groups is 2. The van der Waals surface area contributed by atoms with Gasteiger partial charge in [-0.25, -0.2) is 0 Å². The Balaban J connectivity index is 1.37. The van der Waals surface area contributed by atoms with Crippen LogP contribution < -0.4 is 5.32 Å². The molecule has 3 heterocycles. The average Bonchev–Trinajstić information content (AvgIpc) is 3.19. The van der Waals surface area contributed by atoms with Crippen LogP contribution in [-0.4, -0.2) is 45.1 Å². The highest BCUT2D eigenvalue weighted by Gasteiger charge is 2.46. The van der Waals surface area contributed by atoms with Gasteiger partial charge in [-0.2, -0.15) is 5.10 Å². The van der Waals surface area contributed by atoms with Gasteiger partial charge in [0.25, 0.3) is 0 Å². The second-order valence-corrected chi connectivity index (χ2v) is 7.47. The molecule has 0 saturated carbocycles. The molecule has 1 aromatic carbocycles. The Bertz CT molecular complexity index is 806. The number of piperidine rings is 1. The summed E-state index contributed by atoms with van der Waals surface area (Å²) in [5.41, 5.74) is 1.82. The number of hydrogen-bond donors (Lipinski definition) is 1. The molecule has 2 amide bonds. The monoisotopic (exact) mass is 352 g/mol. The Kier molecular flexibility index (Phi) is 4.26. The molecule has 2 aliphatic heterocycles. The standard InChI is InChI=1S/C20H24N4O2/c1-15-7-10-24(22-15)14-18(25)23-11-8-20(9-12-23)13-17(19(26)21-20)16-5-3-2-4-6-16/h2-7,10,17H,8-9,11-14H2,1H3,(H,21,26)/t17-/m0/s1. The summed E-state index contributed by atoms with van der Waals surface area (Å²) < 4.78 is 1.69. The summed E-state index contributed by atoms with van der Waals surface area (Å²) in [6, 6.07) is 11.9. The van der Waals surface area contributed by atoms with E-state index in [4.69, 9.17) is 0 Å². The summed E-state index contributed by atoms with van der Waals surface area (Å²) in [5.74, 6) is 0.125. The first-order valence-electron chi connectivity index (χ1n) is 9.19. The van der Waals surface area contributed by atoms with Crippen molar-refractivity contribution in [3.63, 3.8) is 0 Å². The molecule has 2 saturated heterocycles. The van der Waals surface area contributed by atoms with Crippen molar-refractivity contribution < 1.29 is 9.59 Å². The Labute approximate surface area is 153 Å². The van der Waals surface area contributed by atoms with Gasteiger partial charge in [0.05, 0.1) is 11.6 Å².